The van der Waals surface area contributed by atoms with E-state index in [1.807, 2.05) is 24.1 Å². The lowest BCUT2D eigenvalue weighted by Gasteiger charge is -2.20. The predicted molar refractivity (Wildman–Crippen MR) is 62.0 cm³/mol. The minimum absolute atomic E-state index is 0.146. The highest BCUT2D eigenvalue weighted by atomic mass is 16.4. The number of hydrogen-bond acceptors (Lipinski definition) is 3. The van der Waals surface area contributed by atoms with Crippen molar-refractivity contribution in [2.75, 3.05) is 18.5 Å². The molecule has 0 saturated heterocycles. The first-order valence-electron chi connectivity index (χ1n) is 5.12. The third-order valence-electron chi connectivity index (χ3n) is 2.36. The molecule has 0 spiro atoms. The molecule has 86 valence electrons. The Morgan fingerprint density at radius 2 is 2.12 bits per heavy atom. The van der Waals surface area contributed by atoms with Gasteiger partial charge < -0.3 is 10.0 Å². The van der Waals surface area contributed by atoms with Crippen LogP contribution in [0.1, 0.15) is 23.2 Å². The monoisotopic (exact) mass is 221 g/mol. The zero-order valence-electron chi connectivity index (χ0n) is 9.22. The Labute approximate surface area is 94.5 Å². The highest BCUT2D eigenvalue weighted by molar-refractivity contribution is 5.84. The Hall–Kier alpha value is -1.84. The Morgan fingerprint density at radius 1 is 1.44 bits per heavy atom. The molecule has 1 aromatic rings. The van der Waals surface area contributed by atoms with Gasteiger partial charge in [0.2, 0.25) is 0 Å². The Morgan fingerprint density at radius 3 is 2.75 bits per heavy atom. The summed E-state index contributed by atoms with van der Waals surface area (Å²) in [6.07, 6.45) is 1.52. The number of anilines is 1. The van der Waals surface area contributed by atoms with E-state index >= 15 is 0 Å². The van der Waals surface area contributed by atoms with Crippen LogP contribution in [0.15, 0.2) is 24.3 Å². The number of benzene rings is 1. The molecule has 1 aromatic carbocycles. The molecule has 0 unspecified atom stereocenters. The van der Waals surface area contributed by atoms with E-state index in [0.29, 0.717) is 18.5 Å². The van der Waals surface area contributed by atoms with E-state index in [4.69, 9.17) is 5.11 Å². The summed E-state index contributed by atoms with van der Waals surface area (Å²) in [5.74, 6) is -0.794. The summed E-state index contributed by atoms with van der Waals surface area (Å²) in [5.41, 5.74) is 1.46. The van der Waals surface area contributed by atoms with E-state index in [2.05, 4.69) is 0 Å². The molecule has 1 N–H and O–H groups in total. The summed E-state index contributed by atoms with van der Waals surface area (Å²) < 4.78 is 0. The quantitative estimate of drug-likeness (QED) is 0.744. The Bertz CT molecular complexity index is 376. The van der Waals surface area contributed by atoms with E-state index in [0.717, 1.165) is 12.0 Å². The van der Waals surface area contributed by atoms with Gasteiger partial charge in [-0.1, -0.05) is 12.1 Å². The standard InChI is InChI=1S/C12H15NO3/c1-13(8-4-7-12(15)16)11-6-3-2-5-10(11)9-14/h2-3,5-6,9H,4,7-8H2,1H3,(H,15,16). The normalized spacial score (nSPS) is 9.81. The fourth-order valence-corrected chi connectivity index (χ4v) is 1.52. The molecule has 0 bridgehead atoms. The third-order valence-corrected chi connectivity index (χ3v) is 2.36. The number of carbonyl (C=O) groups excluding carboxylic acids is 1. The minimum Gasteiger partial charge on any atom is -0.481 e. The number of nitrogens with zero attached hydrogens (tertiary/aromatic N) is 1. The summed E-state index contributed by atoms with van der Waals surface area (Å²) in [7, 11) is 1.85. The SMILES string of the molecule is CN(CCCC(=O)O)c1ccccc1C=O. The van der Waals surface area contributed by atoms with Crippen LogP contribution in [-0.2, 0) is 4.79 Å². The highest BCUT2D eigenvalue weighted by Gasteiger charge is 2.06. The molecular formula is C12H15NO3. The Balaban J connectivity index is 2.61. The van der Waals surface area contributed by atoms with Crippen LogP contribution in [0.5, 0.6) is 0 Å². The van der Waals surface area contributed by atoms with E-state index in [1.54, 1.807) is 12.1 Å². The van der Waals surface area contributed by atoms with Crippen LogP contribution in [0.25, 0.3) is 0 Å². The average molecular weight is 221 g/mol. The number of rotatable bonds is 6. The van der Waals surface area contributed by atoms with Gasteiger partial charge in [0.1, 0.15) is 0 Å². The van der Waals surface area contributed by atoms with E-state index < -0.39 is 5.97 Å². The summed E-state index contributed by atoms with van der Waals surface area (Å²) in [6, 6.07) is 7.26. The van der Waals surface area contributed by atoms with Gasteiger partial charge >= 0.3 is 5.97 Å². The van der Waals surface area contributed by atoms with Crippen LogP contribution in [0.2, 0.25) is 0 Å². The molecule has 0 aliphatic carbocycles. The van der Waals surface area contributed by atoms with Gasteiger partial charge in [0.15, 0.2) is 6.29 Å². The zero-order chi connectivity index (χ0) is 12.0. The second kappa shape index (κ2) is 5.90. The summed E-state index contributed by atoms with van der Waals surface area (Å²) >= 11 is 0. The fraction of sp³-hybridized carbons (Fsp3) is 0.333. The second-order valence-electron chi connectivity index (χ2n) is 3.60. The topological polar surface area (TPSA) is 57.6 Å². The molecule has 1 rings (SSSR count). The van der Waals surface area contributed by atoms with Crippen molar-refractivity contribution in [1.82, 2.24) is 0 Å². The van der Waals surface area contributed by atoms with E-state index in [1.165, 1.54) is 0 Å². The van der Waals surface area contributed by atoms with Crippen molar-refractivity contribution in [3.63, 3.8) is 0 Å². The summed E-state index contributed by atoms with van der Waals surface area (Å²) in [5, 5.41) is 8.52. The highest BCUT2D eigenvalue weighted by Crippen LogP contribution is 2.17. The van der Waals surface area contributed by atoms with Gasteiger partial charge in [-0.05, 0) is 18.6 Å². The molecule has 0 fully saturated rings. The molecule has 4 heteroatoms. The van der Waals surface area contributed by atoms with Crippen LogP contribution < -0.4 is 4.90 Å². The second-order valence-corrected chi connectivity index (χ2v) is 3.60. The van der Waals surface area contributed by atoms with Crippen molar-refractivity contribution in [3.8, 4) is 0 Å². The average Bonchev–Trinajstić information content (AvgIpc) is 2.28. The maximum atomic E-state index is 10.8. The first-order chi connectivity index (χ1) is 7.65. The maximum absolute atomic E-state index is 10.8. The lowest BCUT2D eigenvalue weighted by atomic mass is 10.1. The van der Waals surface area contributed by atoms with Crippen LogP contribution in [0.3, 0.4) is 0 Å². The zero-order valence-corrected chi connectivity index (χ0v) is 9.22. The fourth-order valence-electron chi connectivity index (χ4n) is 1.52. The van der Waals surface area contributed by atoms with Gasteiger partial charge in [0.05, 0.1) is 0 Å². The minimum atomic E-state index is -0.794. The number of aliphatic carboxylic acids is 1. The molecule has 0 atom stereocenters. The first kappa shape index (κ1) is 12.2. The number of aldehydes is 1. The van der Waals surface area contributed by atoms with Gasteiger partial charge in [-0.2, -0.15) is 0 Å². The van der Waals surface area contributed by atoms with Gasteiger partial charge in [0, 0.05) is 31.3 Å². The molecule has 0 heterocycles. The molecule has 0 saturated carbocycles. The maximum Gasteiger partial charge on any atom is 0.303 e. The number of para-hydroxylation sites is 1. The number of carboxylic acids is 1. The predicted octanol–water partition coefficient (Wildman–Crippen LogP) is 1.80. The molecule has 0 aromatic heterocycles. The van der Waals surface area contributed by atoms with Crippen LogP contribution in [0.4, 0.5) is 5.69 Å². The summed E-state index contributed by atoms with van der Waals surface area (Å²) in [4.78, 5) is 23.1. The van der Waals surface area contributed by atoms with E-state index in [9.17, 15) is 9.59 Å². The van der Waals surface area contributed by atoms with E-state index in [-0.39, 0.29) is 6.42 Å². The van der Waals surface area contributed by atoms with Crippen LogP contribution in [0, 0.1) is 0 Å². The molecule has 0 aliphatic rings. The van der Waals surface area contributed by atoms with Gasteiger partial charge in [-0.25, -0.2) is 0 Å². The van der Waals surface area contributed by atoms with Crippen molar-refractivity contribution in [3.05, 3.63) is 29.8 Å². The van der Waals surface area contributed by atoms with Crippen molar-refractivity contribution < 1.29 is 14.7 Å². The van der Waals surface area contributed by atoms with Crippen molar-refractivity contribution >= 4 is 17.9 Å². The van der Waals surface area contributed by atoms with Crippen LogP contribution >= 0.6 is 0 Å². The van der Waals surface area contributed by atoms with Gasteiger partial charge in [-0.15, -0.1) is 0 Å². The first-order valence-corrected chi connectivity index (χ1v) is 5.12. The number of hydrogen-bond donors (Lipinski definition) is 1. The van der Waals surface area contributed by atoms with Crippen molar-refractivity contribution in [2.24, 2.45) is 0 Å². The largest absolute Gasteiger partial charge is 0.481 e. The smallest absolute Gasteiger partial charge is 0.303 e. The van der Waals surface area contributed by atoms with Gasteiger partial charge in [0.25, 0.3) is 0 Å². The third kappa shape index (κ3) is 3.38. The molecule has 16 heavy (non-hydrogen) atoms. The number of carbonyl (C=O) groups is 2. The molecule has 4 nitrogen and oxygen atoms in total. The molecule has 0 amide bonds. The van der Waals surface area contributed by atoms with Crippen LogP contribution in [-0.4, -0.2) is 31.0 Å². The molecular weight excluding hydrogens is 206 g/mol. The van der Waals surface area contributed by atoms with Crippen molar-refractivity contribution in [1.29, 1.82) is 0 Å². The number of carboxylic acid groups (broad SMARTS) is 1. The van der Waals surface area contributed by atoms with Gasteiger partial charge in [-0.3, -0.25) is 9.59 Å². The molecule has 0 radical (unpaired) electrons. The summed E-state index contributed by atoms with van der Waals surface area (Å²) in [6.45, 7) is 0.622. The van der Waals surface area contributed by atoms with Crippen molar-refractivity contribution in [2.45, 2.75) is 12.8 Å². The molecule has 0 aliphatic heterocycles. The lowest BCUT2D eigenvalue weighted by Crippen LogP contribution is -2.20. The Kier molecular flexibility index (Phi) is 4.51. The lowest BCUT2D eigenvalue weighted by molar-refractivity contribution is -0.137.